The van der Waals surface area contributed by atoms with Crippen LogP contribution in [0.1, 0.15) is 46.5 Å². The zero-order chi connectivity index (χ0) is 18.8. The van der Waals surface area contributed by atoms with E-state index in [1.807, 2.05) is 30.3 Å². The van der Waals surface area contributed by atoms with Crippen molar-refractivity contribution in [3.05, 3.63) is 42.5 Å². The highest BCUT2D eigenvalue weighted by Crippen LogP contribution is 2.25. The summed E-state index contributed by atoms with van der Waals surface area (Å²) < 4.78 is 11.7. The highest BCUT2D eigenvalue weighted by molar-refractivity contribution is 5.88. The van der Waals surface area contributed by atoms with Gasteiger partial charge in [-0.05, 0) is 17.9 Å². The van der Waals surface area contributed by atoms with Crippen molar-refractivity contribution in [1.29, 1.82) is 0 Å². The number of esters is 1. The summed E-state index contributed by atoms with van der Waals surface area (Å²) in [5.74, 6) is 0.676. The Kier molecular flexibility index (Phi) is 8.42. The van der Waals surface area contributed by atoms with E-state index in [9.17, 15) is 4.79 Å². The molecular formula is C22H31NO3. The predicted octanol–water partition coefficient (Wildman–Crippen LogP) is 4.71. The minimum Gasteiger partial charge on any atom is -0.489 e. The van der Waals surface area contributed by atoms with Crippen LogP contribution < -0.4 is 10.1 Å². The van der Waals surface area contributed by atoms with Gasteiger partial charge in [0.1, 0.15) is 18.5 Å². The van der Waals surface area contributed by atoms with Gasteiger partial charge in [-0.1, -0.05) is 70.0 Å². The number of carbonyl (C=O) groups is 1. The molecule has 0 amide bonds. The number of rotatable bonds is 11. The molecule has 4 heteroatoms. The van der Waals surface area contributed by atoms with E-state index in [1.54, 1.807) is 0 Å². The molecule has 0 saturated heterocycles. The van der Waals surface area contributed by atoms with Gasteiger partial charge in [-0.3, -0.25) is 4.79 Å². The summed E-state index contributed by atoms with van der Waals surface area (Å²) in [5, 5.41) is 5.54. The second kappa shape index (κ2) is 10.8. The zero-order valence-electron chi connectivity index (χ0n) is 16.2. The summed E-state index contributed by atoms with van der Waals surface area (Å²) in [7, 11) is 0. The lowest BCUT2D eigenvalue weighted by Crippen LogP contribution is -2.38. The molecule has 0 aliphatic rings. The Bertz CT molecular complexity index is 679. The molecular weight excluding hydrogens is 326 g/mol. The lowest BCUT2D eigenvalue weighted by Gasteiger charge is -2.21. The summed E-state index contributed by atoms with van der Waals surface area (Å²) in [6.07, 6.45) is 3.20. The third kappa shape index (κ3) is 6.68. The number of unbranched alkanes of at least 4 members (excludes halogenated alkanes) is 2. The Labute approximate surface area is 156 Å². The minimum atomic E-state index is -0.300. The van der Waals surface area contributed by atoms with Crippen LogP contribution in [0.3, 0.4) is 0 Å². The van der Waals surface area contributed by atoms with Crippen molar-refractivity contribution in [2.24, 2.45) is 0 Å². The molecule has 4 nitrogen and oxygen atoms in total. The predicted molar refractivity (Wildman–Crippen MR) is 107 cm³/mol. The monoisotopic (exact) mass is 357 g/mol. The van der Waals surface area contributed by atoms with E-state index in [1.165, 1.54) is 0 Å². The summed E-state index contributed by atoms with van der Waals surface area (Å²) in [6.45, 7) is 7.20. The first-order valence-electron chi connectivity index (χ1n) is 9.63. The van der Waals surface area contributed by atoms with E-state index in [-0.39, 0.29) is 12.1 Å². The van der Waals surface area contributed by atoms with Crippen molar-refractivity contribution in [3.63, 3.8) is 0 Å². The lowest BCUT2D eigenvalue weighted by atomic mass is 10.1. The lowest BCUT2D eigenvalue weighted by molar-refractivity contribution is -0.150. The molecule has 2 rings (SSSR count). The van der Waals surface area contributed by atoms with Crippen LogP contribution in [0.4, 0.5) is 0 Å². The normalized spacial score (nSPS) is 12.3. The van der Waals surface area contributed by atoms with Crippen molar-refractivity contribution in [1.82, 2.24) is 5.32 Å². The quantitative estimate of drug-likeness (QED) is 0.467. The van der Waals surface area contributed by atoms with Gasteiger partial charge < -0.3 is 14.8 Å². The molecule has 2 aromatic rings. The van der Waals surface area contributed by atoms with Crippen LogP contribution >= 0.6 is 0 Å². The molecule has 1 atom stereocenters. The molecule has 0 heterocycles. The largest absolute Gasteiger partial charge is 0.489 e. The molecule has 0 bridgehead atoms. The van der Waals surface area contributed by atoms with Crippen LogP contribution in [-0.2, 0) is 9.53 Å². The van der Waals surface area contributed by atoms with Gasteiger partial charge in [-0.15, -0.1) is 0 Å². The number of fused-ring (bicyclic) bond motifs is 1. The molecule has 0 radical (unpaired) electrons. The smallest absolute Gasteiger partial charge is 0.306 e. The van der Waals surface area contributed by atoms with E-state index in [0.29, 0.717) is 25.6 Å². The topological polar surface area (TPSA) is 47.6 Å². The number of carbonyl (C=O) groups excluding carboxylic acids is 1. The molecule has 0 spiro atoms. The van der Waals surface area contributed by atoms with Crippen molar-refractivity contribution >= 4 is 16.7 Å². The third-order valence-electron chi connectivity index (χ3n) is 4.21. The highest BCUT2D eigenvalue weighted by atomic mass is 16.6. The van der Waals surface area contributed by atoms with Crippen molar-refractivity contribution in [3.8, 4) is 5.75 Å². The fourth-order valence-corrected chi connectivity index (χ4v) is 2.77. The van der Waals surface area contributed by atoms with Gasteiger partial charge in [0.05, 0.1) is 0 Å². The molecule has 0 aliphatic carbocycles. The Morgan fingerprint density at radius 2 is 1.85 bits per heavy atom. The van der Waals surface area contributed by atoms with Crippen LogP contribution in [0.5, 0.6) is 5.75 Å². The molecule has 0 fully saturated rings. The van der Waals surface area contributed by atoms with E-state index < -0.39 is 0 Å². The molecule has 142 valence electrons. The van der Waals surface area contributed by atoms with E-state index in [2.05, 4.69) is 38.2 Å². The van der Waals surface area contributed by atoms with Crippen molar-refractivity contribution in [2.75, 3.05) is 13.2 Å². The Balaban J connectivity index is 1.97. The van der Waals surface area contributed by atoms with Crippen LogP contribution in [0.2, 0.25) is 0 Å². The van der Waals surface area contributed by atoms with Crippen molar-refractivity contribution in [2.45, 2.75) is 58.6 Å². The first kappa shape index (κ1) is 20.2. The average Bonchev–Trinajstić information content (AvgIpc) is 2.64. The van der Waals surface area contributed by atoms with Crippen molar-refractivity contribution < 1.29 is 14.3 Å². The zero-order valence-corrected chi connectivity index (χ0v) is 16.2. The first-order valence-corrected chi connectivity index (χ1v) is 9.63. The maximum absolute atomic E-state index is 12.1. The molecule has 1 N–H and O–H groups in total. The van der Waals surface area contributed by atoms with E-state index in [4.69, 9.17) is 9.47 Å². The van der Waals surface area contributed by atoms with Gasteiger partial charge in [0.15, 0.2) is 0 Å². The number of benzene rings is 2. The third-order valence-corrected chi connectivity index (χ3v) is 4.21. The summed E-state index contributed by atoms with van der Waals surface area (Å²) in [4.78, 5) is 12.1. The molecule has 0 aliphatic heterocycles. The minimum absolute atomic E-state index is 0.143. The van der Waals surface area contributed by atoms with Crippen LogP contribution in [0.15, 0.2) is 42.5 Å². The molecule has 0 aromatic heterocycles. The number of hydrogen-bond donors (Lipinski definition) is 1. The summed E-state index contributed by atoms with van der Waals surface area (Å²) in [5.41, 5.74) is 0. The van der Waals surface area contributed by atoms with Crippen LogP contribution in [0, 0.1) is 0 Å². The summed E-state index contributed by atoms with van der Waals surface area (Å²) >= 11 is 0. The maximum atomic E-state index is 12.1. The second-order valence-electron chi connectivity index (χ2n) is 6.92. The van der Waals surface area contributed by atoms with Gasteiger partial charge in [0.2, 0.25) is 0 Å². The first-order chi connectivity index (χ1) is 12.6. The van der Waals surface area contributed by atoms with Gasteiger partial charge in [0.25, 0.3) is 0 Å². The van der Waals surface area contributed by atoms with Gasteiger partial charge >= 0.3 is 5.97 Å². The molecule has 0 unspecified atom stereocenters. The molecule has 0 saturated carbocycles. The van der Waals surface area contributed by atoms with Crippen LogP contribution in [-0.4, -0.2) is 31.3 Å². The van der Waals surface area contributed by atoms with Crippen LogP contribution in [0.25, 0.3) is 10.8 Å². The van der Waals surface area contributed by atoms with Gasteiger partial charge in [-0.25, -0.2) is 0 Å². The SMILES string of the molecule is CCCCCC(=O)O[C@@H](CNC(C)C)COc1cccc2ccccc12. The standard InChI is InChI=1S/C22H31NO3/c1-4-5-6-14-22(24)26-19(15-23-17(2)3)16-25-21-13-9-11-18-10-7-8-12-20(18)21/h7-13,17,19,23H,4-6,14-16H2,1-3H3/t19-/m0/s1. The van der Waals surface area contributed by atoms with Gasteiger partial charge in [-0.2, -0.15) is 0 Å². The highest BCUT2D eigenvalue weighted by Gasteiger charge is 2.16. The molecule has 26 heavy (non-hydrogen) atoms. The summed E-state index contributed by atoms with van der Waals surface area (Å²) in [6, 6.07) is 14.5. The maximum Gasteiger partial charge on any atom is 0.306 e. The van der Waals surface area contributed by atoms with E-state index in [0.717, 1.165) is 35.8 Å². The number of nitrogens with one attached hydrogen (secondary N) is 1. The number of hydrogen-bond acceptors (Lipinski definition) is 4. The molecule has 2 aromatic carbocycles. The Morgan fingerprint density at radius 1 is 1.08 bits per heavy atom. The van der Waals surface area contributed by atoms with E-state index >= 15 is 0 Å². The number of ether oxygens (including phenoxy) is 2. The van der Waals surface area contributed by atoms with Gasteiger partial charge in [0, 0.05) is 24.4 Å². The Morgan fingerprint density at radius 3 is 2.62 bits per heavy atom. The Hall–Kier alpha value is -2.07. The fourth-order valence-electron chi connectivity index (χ4n) is 2.77. The average molecular weight is 357 g/mol. The second-order valence-corrected chi connectivity index (χ2v) is 6.92. The fraction of sp³-hybridized carbons (Fsp3) is 0.500.